The van der Waals surface area contributed by atoms with Gasteiger partial charge in [-0.15, -0.1) is 0 Å². The Morgan fingerprint density at radius 1 is 1.07 bits per heavy atom. The van der Waals surface area contributed by atoms with Crippen molar-refractivity contribution in [3.8, 4) is 0 Å². The minimum Gasteiger partial charge on any atom is -1.00 e. The Kier molecular flexibility index (Phi) is 7.29. The number of carbonyl (C=O) groups is 1. The van der Waals surface area contributed by atoms with Crippen LogP contribution in [0.3, 0.4) is 0 Å². The molecule has 1 aliphatic rings. The zero-order chi connectivity index (χ0) is 19.5. The molecule has 1 aliphatic heterocycles. The Hall–Kier alpha value is -1.93. The Balaban J connectivity index is 0.00000240. The van der Waals surface area contributed by atoms with Crippen molar-refractivity contribution in [2.24, 2.45) is 0 Å². The highest BCUT2D eigenvalue weighted by molar-refractivity contribution is 6.30. The second kappa shape index (κ2) is 9.71. The molecule has 2 heterocycles. The molecule has 0 spiro atoms. The molecule has 8 heteroatoms. The second-order valence-corrected chi connectivity index (χ2v) is 7.41. The zero-order valence-electron chi connectivity index (χ0n) is 16.1. The van der Waals surface area contributed by atoms with Crippen LogP contribution >= 0.6 is 11.6 Å². The molecule has 29 heavy (non-hydrogen) atoms. The zero-order valence-corrected chi connectivity index (χ0v) is 18.4. The molecule has 6 nitrogen and oxygen atoms in total. The fourth-order valence-electron chi connectivity index (χ4n) is 3.65. The molecule has 1 saturated heterocycles. The molecule has 4 rings (SSSR count). The first-order valence-corrected chi connectivity index (χ1v) is 9.86. The van der Waals surface area contributed by atoms with E-state index in [2.05, 4.69) is 9.47 Å². The maximum atomic E-state index is 12.8. The van der Waals surface area contributed by atoms with Crippen LogP contribution in [0.5, 0.6) is 0 Å². The molecule has 0 atom stereocenters. The number of hydrogen-bond donors (Lipinski definition) is 1. The number of hydrogen-bond acceptors (Lipinski definition) is 4. The Bertz CT molecular complexity index is 984. The number of fused-ring (bicyclic) bond motifs is 1. The number of aromatic nitrogens is 2. The maximum absolute atomic E-state index is 12.8. The molecule has 0 radical (unpaired) electrons. The monoisotopic (exact) mass is 478 g/mol. The smallest absolute Gasteiger partial charge is 0.356 e. The highest BCUT2D eigenvalue weighted by Gasteiger charge is 2.23. The number of nitrogens with two attached hydrogens (primary N) is 1. The van der Waals surface area contributed by atoms with Crippen LogP contribution in [0.1, 0.15) is 10.4 Å². The van der Waals surface area contributed by atoms with Crippen LogP contribution in [0.15, 0.2) is 48.5 Å². The van der Waals surface area contributed by atoms with E-state index in [1.54, 1.807) is 24.3 Å². The van der Waals surface area contributed by atoms with E-state index in [1.165, 1.54) is 0 Å². The SMILES string of the molecule is Nc1n(CCN2CCOCC2)c2ccccc2[n+]1CC(=O)c1ccc(Cl)cc1.[Br-]. The van der Waals surface area contributed by atoms with Crippen LogP contribution in [0.25, 0.3) is 11.0 Å². The third-order valence-corrected chi connectivity index (χ3v) is 5.48. The van der Waals surface area contributed by atoms with Gasteiger partial charge in [0.25, 0.3) is 0 Å². The summed E-state index contributed by atoms with van der Waals surface area (Å²) in [4.78, 5) is 15.2. The van der Waals surface area contributed by atoms with Gasteiger partial charge in [-0.2, -0.15) is 0 Å². The lowest BCUT2D eigenvalue weighted by Crippen LogP contribution is -3.00. The van der Waals surface area contributed by atoms with E-state index in [1.807, 2.05) is 28.8 Å². The van der Waals surface area contributed by atoms with Gasteiger partial charge in [-0.1, -0.05) is 23.7 Å². The van der Waals surface area contributed by atoms with E-state index in [0.717, 1.165) is 50.4 Å². The average Bonchev–Trinajstić information content (AvgIpc) is 2.99. The standard InChI is InChI=1S/C21H23ClN4O2.BrH/c22-17-7-5-16(6-8-17)20(27)15-26-19-4-2-1-3-18(19)25(21(26)23)10-9-24-11-13-28-14-12-24;/h1-8,23H,9-15H2;1H. The van der Waals surface area contributed by atoms with Gasteiger partial charge < -0.3 is 21.7 Å². The van der Waals surface area contributed by atoms with Crippen LogP contribution in [0.4, 0.5) is 5.95 Å². The van der Waals surface area contributed by atoms with Gasteiger partial charge in [0.2, 0.25) is 0 Å². The Morgan fingerprint density at radius 3 is 2.48 bits per heavy atom. The molecule has 0 saturated carbocycles. The van der Waals surface area contributed by atoms with Gasteiger partial charge in [0.1, 0.15) is 17.6 Å². The number of ketones is 1. The molecule has 2 aromatic carbocycles. The van der Waals surface area contributed by atoms with Gasteiger partial charge >= 0.3 is 5.95 Å². The molecule has 0 amide bonds. The van der Waals surface area contributed by atoms with Crippen LogP contribution in [-0.2, 0) is 17.8 Å². The van der Waals surface area contributed by atoms with Crippen molar-refractivity contribution < 1.29 is 31.1 Å². The average molecular weight is 480 g/mol. The number of nitrogen functional groups attached to an aromatic ring is 1. The predicted octanol–water partition coefficient (Wildman–Crippen LogP) is -0.616. The number of ether oxygens (including phenoxy) is 1. The van der Waals surface area contributed by atoms with Gasteiger partial charge in [-0.05, 0) is 36.4 Å². The highest BCUT2D eigenvalue weighted by atomic mass is 79.9. The van der Waals surface area contributed by atoms with Crippen molar-refractivity contribution in [2.45, 2.75) is 13.1 Å². The topological polar surface area (TPSA) is 64.4 Å². The summed E-state index contributed by atoms with van der Waals surface area (Å²) in [6.45, 7) is 5.29. The van der Waals surface area contributed by atoms with Crippen LogP contribution in [0.2, 0.25) is 5.02 Å². The quantitative estimate of drug-likeness (QED) is 0.378. The number of nitrogens with zero attached hydrogens (tertiary/aromatic N) is 3. The lowest BCUT2D eigenvalue weighted by molar-refractivity contribution is -0.642. The minimum absolute atomic E-state index is 0. The molecule has 1 aromatic heterocycles. The lowest BCUT2D eigenvalue weighted by atomic mass is 10.1. The normalized spacial score (nSPS) is 14.7. The summed E-state index contributed by atoms with van der Waals surface area (Å²) in [6.07, 6.45) is 0. The number of rotatable bonds is 6. The number of imidazole rings is 1. The van der Waals surface area contributed by atoms with Crippen molar-refractivity contribution in [1.82, 2.24) is 9.47 Å². The largest absolute Gasteiger partial charge is 1.00 e. The third kappa shape index (κ3) is 4.80. The summed E-state index contributed by atoms with van der Waals surface area (Å²) in [6, 6.07) is 15.0. The summed E-state index contributed by atoms with van der Waals surface area (Å²) in [5, 5.41) is 0.614. The number of anilines is 1. The molecule has 0 unspecified atom stereocenters. The number of para-hydroxylation sites is 2. The van der Waals surface area contributed by atoms with Crippen molar-refractivity contribution >= 4 is 34.4 Å². The fraction of sp³-hybridized carbons (Fsp3) is 0.333. The number of Topliss-reactive ketones (excluding diaryl/α,β-unsaturated/α-hetero) is 1. The Labute approximate surface area is 185 Å². The van der Waals surface area contributed by atoms with Crippen molar-refractivity contribution in [3.05, 3.63) is 59.1 Å². The summed E-state index contributed by atoms with van der Waals surface area (Å²) in [5.74, 6) is 0.598. The molecule has 3 aromatic rings. The third-order valence-electron chi connectivity index (χ3n) is 5.23. The van der Waals surface area contributed by atoms with Gasteiger partial charge in [-0.25, -0.2) is 9.13 Å². The van der Waals surface area contributed by atoms with E-state index in [9.17, 15) is 4.79 Å². The van der Waals surface area contributed by atoms with Gasteiger partial charge in [0.05, 0.1) is 19.8 Å². The van der Waals surface area contributed by atoms with E-state index in [-0.39, 0.29) is 29.3 Å². The van der Waals surface area contributed by atoms with E-state index < -0.39 is 0 Å². The first-order chi connectivity index (χ1) is 13.6. The first kappa shape index (κ1) is 21.8. The summed E-state index contributed by atoms with van der Waals surface area (Å²) >= 11 is 5.93. The summed E-state index contributed by atoms with van der Waals surface area (Å²) < 4.78 is 9.41. The number of halogens is 2. The van der Waals surface area contributed by atoms with Crippen molar-refractivity contribution in [1.29, 1.82) is 0 Å². The molecular weight excluding hydrogens is 456 g/mol. The summed E-state index contributed by atoms with van der Waals surface area (Å²) in [5.41, 5.74) is 9.12. The molecule has 1 fully saturated rings. The number of benzene rings is 2. The van der Waals surface area contributed by atoms with Gasteiger partial charge in [-0.3, -0.25) is 15.4 Å². The second-order valence-electron chi connectivity index (χ2n) is 6.97. The van der Waals surface area contributed by atoms with Crippen LogP contribution < -0.4 is 27.3 Å². The minimum atomic E-state index is 0. The number of morpholine rings is 1. The fourth-order valence-corrected chi connectivity index (χ4v) is 3.78. The lowest BCUT2D eigenvalue weighted by Gasteiger charge is -2.25. The van der Waals surface area contributed by atoms with Crippen molar-refractivity contribution in [3.63, 3.8) is 0 Å². The maximum Gasteiger partial charge on any atom is 0.356 e. The number of carbonyl (C=O) groups excluding carboxylic acids is 1. The highest BCUT2D eigenvalue weighted by Crippen LogP contribution is 2.17. The van der Waals surface area contributed by atoms with Crippen molar-refractivity contribution in [2.75, 3.05) is 38.6 Å². The Morgan fingerprint density at radius 2 is 1.76 bits per heavy atom. The molecule has 0 aliphatic carbocycles. The van der Waals surface area contributed by atoms with Gasteiger partial charge in [0, 0.05) is 30.2 Å². The van der Waals surface area contributed by atoms with E-state index in [0.29, 0.717) is 16.5 Å². The summed E-state index contributed by atoms with van der Waals surface area (Å²) in [7, 11) is 0. The van der Waals surface area contributed by atoms with Crippen LogP contribution in [-0.4, -0.2) is 48.1 Å². The molecule has 154 valence electrons. The van der Waals surface area contributed by atoms with Crippen LogP contribution in [0, 0.1) is 0 Å². The molecular formula is C21H24BrClN4O2. The molecule has 0 bridgehead atoms. The van der Waals surface area contributed by atoms with Gasteiger partial charge in [0.15, 0.2) is 5.78 Å². The van der Waals surface area contributed by atoms with E-state index >= 15 is 0 Å². The molecule has 2 N–H and O–H groups in total. The first-order valence-electron chi connectivity index (χ1n) is 9.49. The van der Waals surface area contributed by atoms with E-state index in [4.69, 9.17) is 22.1 Å². The predicted molar refractivity (Wildman–Crippen MR) is 110 cm³/mol.